The van der Waals surface area contributed by atoms with Gasteiger partial charge in [-0.05, 0) is 39.0 Å². The van der Waals surface area contributed by atoms with Crippen molar-refractivity contribution in [2.24, 2.45) is 0 Å². The monoisotopic (exact) mass is 1170 g/mol. The Bertz CT molecular complexity index is 2060. The molecule has 0 aliphatic heterocycles. The Balaban J connectivity index is 9.69. The summed E-state index contributed by atoms with van der Waals surface area (Å²) in [7, 11) is -31.9. The van der Waals surface area contributed by atoms with Gasteiger partial charge in [-0.2, -0.15) is 8.42 Å². The largest absolute Gasteiger partial charge is 0.478 e. The zero-order valence-electron chi connectivity index (χ0n) is 45.2. The van der Waals surface area contributed by atoms with Gasteiger partial charge in [0.25, 0.3) is 0 Å². The molecule has 2 unspecified atom stereocenters. The molecule has 0 aromatic heterocycles. The van der Waals surface area contributed by atoms with Gasteiger partial charge in [-0.25, -0.2) is 38.5 Å². The number of unbranched alkanes of at least 4 members (excludes halogenated alkanes) is 25. The second-order valence-electron chi connectivity index (χ2n) is 19.2. The summed E-state index contributed by atoms with van der Waals surface area (Å²) in [6, 6.07) is 0. The van der Waals surface area contributed by atoms with E-state index in [1.165, 1.54) is 0 Å². The number of rotatable bonds is 49. The molecule has 27 heteroatoms. The molecule has 2 atom stereocenters. The molecule has 0 heterocycles. The van der Waals surface area contributed by atoms with Crippen molar-refractivity contribution in [3.8, 4) is 0 Å². The molecule has 74 heavy (non-hydrogen) atoms. The summed E-state index contributed by atoms with van der Waals surface area (Å²) in [5.41, 5.74) is -5.71. The van der Waals surface area contributed by atoms with Gasteiger partial charge in [0.15, 0.2) is 0 Å². The highest BCUT2D eigenvalue weighted by atomic mass is 32.2. The zero-order valence-corrected chi connectivity index (χ0v) is 49.3. The summed E-state index contributed by atoms with van der Waals surface area (Å²) < 4.78 is 228. The summed E-state index contributed by atoms with van der Waals surface area (Å²) in [6.07, 6.45) is 6.42. The highest BCUT2D eigenvalue weighted by Gasteiger charge is 2.88. The van der Waals surface area contributed by atoms with Crippen LogP contribution in [0.3, 0.4) is 0 Å². The first-order chi connectivity index (χ1) is 34.6. The summed E-state index contributed by atoms with van der Waals surface area (Å²) in [5.74, 6) is -16.4. The maximum Gasteiger partial charge on any atom is 0.337 e. The normalized spacial score (nSPS) is 15.2. The first-order valence-corrected chi connectivity index (χ1v) is 35.2. The van der Waals surface area contributed by atoms with Crippen LogP contribution in [-0.2, 0) is 54.9 Å². The van der Waals surface area contributed by atoms with Crippen molar-refractivity contribution < 1.29 is 78.5 Å². The second-order valence-corrected chi connectivity index (χ2v) is 29.0. The predicted molar refractivity (Wildman–Crippen MR) is 282 cm³/mol. The first kappa shape index (κ1) is 72.4. The van der Waals surface area contributed by atoms with E-state index < -0.39 is 169 Å². The molecular weight excluding hydrogens is 1080 g/mol. The SMILES string of the molecule is CCCCCCCCS(=O)(=O)N(F)C(N(F)S(=O)(=O)CCCCCCCC)(N(F)S(=O)(=O)CCCCCCCC)C(C=CC(=O)O)(N(F)S(=O)(=O)CCCCCCCC)[N+](F)(CC)S(=O)(=O)CCCCCCCC. The van der Waals surface area contributed by atoms with Crippen LogP contribution in [0.5, 0.6) is 0 Å². The van der Waals surface area contributed by atoms with Crippen molar-refractivity contribution >= 4 is 56.1 Å². The molecule has 0 aromatic carbocycles. The third-order valence-electron chi connectivity index (χ3n) is 13.1. The molecule has 17 nitrogen and oxygen atoms in total. The van der Waals surface area contributed by atoms with Crippen LogP contribution in [0, 0.1) is 0 Å². The molecule has 0 saturated heterocycles. The number of carboxylic acid groups (broad SMARTS) is 1. The highest BCUT2D eigenvalue weighted by molar-refractivity contribution is 7.91. The van der Waals surface area contributed by atoms with Gasteiger partial charge in [-0.3, -0.25) is 0 Å². The van der Waals surface area contributed by atoms with Gasteiger partial charge in [0.05, 0.1) is 23.0 Å². The van der Waals surface area contributed by atoms with Gasteiger partial charge in [-0.15, -0.1) is 17.9 Å². The van der Waals surface area contributed by atoms with E-state index in [1.807, 2.05) is 34.6 Å². The van der Waals surface area contributed by atoms with Crippen LogP contribution in [0.15, 0.2) is 12.2 Å². The van der Waals surface area contributed by atoms with Gasteiger partial charge in [0, 0.05) is 38.9 Å². The molecule has 0 spiro atoms. The van der Waals surface area contributed by atoms with E-state index in [0.717, 1.165) is 12.8 Å². The molecule has 0 rings (SSSR count). The molecule has 0 fully saturated rings. The standard InChI is InChI=1S/C47H92F5N5O12S5/c1-7-13-18-23-28-33-40-70(60,61)53(48)46(39-38-45(58)59,57(52,12-6)74(68,69)44-37-32-27-22-17-11-5)47(54(49)71(62,63)41-34-29-24-19-14-8-2,55(50)72(64,65)42-35-30-25-20-15-9-3)56(51)73(66,67)43-36-31-26-21-16-10-4/h38-39H,7-37,40-44H2,1-6H3/p+1. The minimum atomic E-state index is -6.43. The van der Waals surface area contributed by atoms with E-state index in [0.29, 0.717) is 103 Å². The Kier molecular flexibility index (Phi) is 35.1. The number of halogens is 5. The van der Waals surface area contributed by atoms with E-state index in [-0.39, 0.29) is 51.4 Å². The van der Waals surface area contributed by atoms with Crippen LogP contribution in [0.1, 0.15) is 234 Å². The smallest absolute Gasteiger partial charge is 0.337 e. The molecule has 0 saturated carbocycles. The lowest BCUT2D eigenvalue weighted by Gasteiger charge is -2.54. The van der Waals surface area contributed by atoms with Gasteiger partial charge < -0.3 is 5.11 Å². The number of aliphatic carboxylic acids is 1. The van der Waals surface area contributed by atoms with Crippen molar-refractivity contribution in [3.05, 3.63) is 12.2 Å². The molecule has 442 valence electrons. The molecule has 0 amide bonds. The van der Waals surface area contributed by atoms with Crippen LogP contribution in [0.25, 0.3) is 0 Å². The second kappa shape index (κ2) is 35.8. The van der Waals surface area contributed by atoms with Gasteiger partial charge in [0.2, 0.25) is 40.1 Å². The Morgan fingerprint density at radius 3 is 0.878 bits per heavy atom. The van der Waals surface area contributed by atoms with Crippen molar-refractivity contribution in [2.75, 3.05) is 35.3 Å². The van der Waals surface area contributed by atoms with Crippen LogP contribution in [-0.4, -0.2) is 122 Å². The van der Waals surface area contributed by atoms with Crippen molar-refractivity contribution in [2.45, 2.75) is 246 Å². The van der Waals surface area contributed by atoms with E-state index in [4.69, 9.17) is 0 Å². The maximum absolute atomic E-state index is 19.4. The molecule has 0 bridgehead atoms. The number of likely N-dealkylation sites (N-methyl/N-ethyl adjacent to an activating group) is 1. The Morgan fingerprint density at radius 1 is 0.405 bits per heavy atom. The third kappa shape index (κ3) is 20.9. The lowest BCUT2D eigenvalue weighted by molar-refractivity contribution is -1.01. The predicted octanol–water partition coefficient (Wildman–Crippen LogP) is 11.9. The minimum absolute atomic E-state index is 0.0344. The average Bonchev–Trinajstić information content (AvgIpc) is 3.34. The summed E-state index contributed by atoms with van der Waals surface area (Å²) in [6.45, 7) is 7.82. The van der Waals surface area contributed by atoms with E-state index >= 15 is 22.4 Å². The molecule has 0 aliphatic carbocycles. The first-order valence-electron chi connectivity index (χ1n) is 27.1. The number of sulfonamides is 5. The Hall–Kier alpha value is -1.59. The summed E-state index contributed by atoms with van der Waals surface area (Å²) in [4.78, 5) is 12.6. The maximum atomic E-state index is 19.4. The average molecular weight is 1180 g/mol. The molecule has 0 aromatic rings. The van der Waals surface area contributed by atoms with Gasteiger partial charge >= 0.3 is 27.4 Å². The number of carbonyl (C=O) groups is 1. The van der Waals surface area contributed by atoms with E-state index in [1.54, 1.807) is 0 Å². The fraction of sp³-hybridized carbons (Fsp3) is 0.936. The van der Waals surface area contributed by atoms with Crippen molar-refractivity contribution in [1.82, 2.24) is 18.1 Å². The lowest BCUT2D eigenvalue weighted by Crippen LogP contribution is -2.88. The summed E-state index contributed by atoms with van der Waals surface area (Å²) >= 11 is 0. The topological polar surface area (TPSA) is 221 Å². The van der Waals surface area contributed by atoms with Crippen LogP contribution in [0.4, 0.5) is 22.4 Å². The number of carboxylic acids is 1. The van der Waals surface area contributed by atoms with Gasteiger partial charge in [-0.1, -0.05) is 195 Å². The minimum Gasteiger partial charge on any atom is -0.478 e. The van der Waals surface area contributed by atoms with Gasteiger partial charge in [0.1, 0.15) is 12.3 Å². The van der Waals surface area contributed by atoms with Crippen molar-refractivity contribution in [1.29, 1.82) is 0 Å². The number of nitrogens with zero attached hydrogens (tertiary/aromatic N) is 5. The lowest BCUT2D eigenvalue weighted by atomic mass is 10.0. The zero-order chi connectivity index (χ0) is 56.8. The molecule has 1 N–H and O–H groups in total. The van der Waals surface area contributed by atoms with E-state index in [9.17, 15) is 52.0 Å². The van der Waals surface area contributed by atoms with Crippen LogP contribution in [0.2, 0.25) is 0 Å². The fourth-order valence-corrected chi connectivity index (χ4v) is 16.5. The van der Waals surface area contributed by atoms with Crippen LogP contribution < -0.4 is 0 Å². The van der Waals surface area contributed by atoms with Crippen molar-refractivity contribution in [3.63, 3.8) is 0 Å². The number of hydrogen-bond donors (Lipinski definition) is 1. The molecular formula is C47H93F5N5O12S5+. The Morgan fingerprint density at radius 2 is 0.635 bits per heavy atom. The Labute approximate surface area is 443 Å². The quantitative estimate of drug-likeness (QED) is 0.0198. The molecule has 0 radical (unpaired) electrons. The number of hydrogen-bond acceptors (Lipinski definition) is 11. The van der Waals surface area contributed by atoms with Crippen LogP contribution >= 0.6 is 0 Å². The third-order valence-corrected chi connectivity index (χ3v) is 21.5. The highest BCUT2D eigenvalue weighted by Crippen LogP contribution is 2.55. The fourth-order valence-electron chi connectivity index (χ4n) is 8.74. The molecule has 0 aliphatic rings. The van der Waals surface area contributed by atoms with E-state index in [2.05, 4.69) is 0 Å². The number of quaternary nitrogens is 1. The summed E-state index contributed by atoms with van der Waals surface area (Å²) in [5, 5.41) is 10.1.